The van der Waals surface area contributed by atoms with E-state index < -0.39 is 0 Å². The number of aliphatic imine (C=N–C) groups is 1. The molecule has 0 spiro atoms. The summed E-state index contributed by atoms with van der Waals surface area (Å²) < 4.78 is 16.4. The summed E-state index contributed by atoms with van der Waals surface area (Å²) in [4.78, 5) is 18.8. The fraction of sp³-hybridized carbons (Fsp3) is 0.286. The summed E-state index contributed by atoms with van der Waals surface area (Å²) in [5, 5.41) is 3.62. The number of carbonyl (C=O) groups is 1. The zero-order valence-corrected chi connectivity index (χ0v) is 19.6. The van der Waals surface area contributed by atoms with E-state index in [1.165, 1.54) is 0 Å². The molecule has 3 atom stereocenters. The standard InChI is InChI=1S/C28H28N2O4/c1-32-20-8-6-7-18(13-20)28-27-23(29-21-9-4-5-10-22(21)30-28)14-19(15-24(27)31)17-11-12-25(33-2)26(16-17)34-3/h4-13,16,19,27-28,30H,14-15H2,1-3H3. The van der Waals surface area contributed by atoms with Crippen molar-refractivity contribution in [1.29, 1.82) is 0 Å². The lowest BCUT2D eigenvalue weighted by Gasteiger charge is -2.34. The van der Waals surface area contributed by atoms with Crippen LogP contribution in [0.3, 0.4) is 0 Å². The van der Waals surface area contributed by atoms with Crippen LogP contribution in [-0.2, 0) is 4.79 Å². The largest absolute Gasteiger partial charge is 0.497 e. The molecule has 174 valence electrons. The van der Waals surface area contributed by atoms with Crippen LogP contribution < -0.4 is 19.5 Å². The van der Waals surface area contributed by atoms with Gasteiger partial charge in [0.1, 0.15) is 11.5 Å². The Kier molecular flexibility index (Phi) is 5.97. The van der Waals surface area contributed by atoms with Crippen molar-refractivity contribution in [2.75, 3.05) is 26.6 Å². The Hall–Kier alpha value is -3.80. The van der Waals surface area contributed by atoms with Gasteiger partial charge in [-0.1, -0.05) is 30.3 Å². The number of methoxy groups -OCH3 is 3. The number of rotatable bonds is 5. The van der Waals surface area contributed by atoms with Gasteiger partial charge < -0.3 is 19.5 Å². The Bertz CT molecular complexity index is 1250. The van der Waals surface area contributed by atoms with Gasteiger partial charge in [0.05, 0.1) is 44.7 Å². The Labute approximate surface area is 199 Å². The fourth-order valence-corrected chi connectivity index (χ4v) is 5.05. The minimum absolute atomic E-state index is 0.0264. The summed E-state index contributed by atoms with van der Waals surface area (Å²) in [6.45, 7) is 0. The molecule has 0 radical (unpaired) electrons. The van der Waals surface area contributed by atoms with Crippen molar-refractivity contribution >= 4 is 22.9 Å². The minimum atomic E-state index is -0.351. The van der Waals surface area contributed by atoms with E-state index in [1.807, 2.05) is 66.7 Å². The first kappa shape index (κ1) is 22.0. The summed E-state index contributed by atoms with van der Waals surface area (Å²) in [6.07, 6.45) is 1.14. The molecule has 0 amide bonds. The van der Waals surface area contributed by atoms with Crippen LogP contribution in [0.4, 0.5) is 11.4 Å². The number of nitrogens with one attached hydrogen (secondary N) is 1. The molecule has 6 heteroatoms. The number of fused-ring (bicyclic) bond motifs is 2. The first-order valence-electron chi connectivity index (χ1n) is 11.4. The van der Waals surface area contributed by atoms with E-state index in [4.69, 9.17) is 19.2 Å². The van der Waals surface area contributed by atoms with Crippen molar-refractivity contribution in [2.24, 2.45) is 10.9 Å². The number of hydrogen-bond donors (Lipinski definition) is 1. The van der Waals surface area contributed by atoms with Crippen LogP contribution in [0, 0.1) is 5.92 Å². The average Bonchev–Trinajstić information content (AvgIpc) is 3.05. The number of benzene rings is 3. The Balaban J connectivity index is 1.56. The van der Waals surface area contributed by atoms with Crippen LogP contribution in [0.15, 0.2) is 71.7 Å². The highest BCUT2D eigenvalue weighted by Gasteiger charge is 2.41. The highest BCUT2D eigenvalue weighted by atomic mass is 16.5. The van der Waals surface area contributed by atoms with Crippen LogP contribution in [0.1, 0.15) is 35.9 Å². The van der Waals surface area contributed by atoms with Crippen LogP contribution in [0.25, 0.3) is 0 Å². The second-order valence-electron chi connectivity index (χ2n) is 8.68. The van der Waals surface area contributed by atoms with Gasteiger partial charge >= 0.3 is 0 Å². The van der Waals surface area contributed by atoms with E-state index in [0.29, 0.717) is 24.3 Å². The van der Waals surface area contributed by atoms with Crippen molar-refractivity contribution in [3.63, 3.8) is 0 Å². The minimum Gasteiger partial charge on any atom is -0.497 e. The van der Waals surface area contributed by atoms with E-state index in [-0.39, 0.29) is 23.7 Å². The predicted molar refractivity (Wildman–Crippen MR) is 133 cm³/mol. The van der Waals surface area contributed by atoms with E-state index in [1.54, 1.807) is 21.3 Å². The van der Waals surface area contributed by atoms with Crippen molar-refractivity contribution in [2.45, 2.75) is 24.8 Å². The van der Waals surface area contributed by atoms with E-state index in [9.17, 15) is 4.79 Å². The lowest BCUT2D eigenvalue weighted by Crippen LogP contribution is -2.38. The van der Waals surface area contributed by atoms with Crippen LogP contribution in [0.2, 0.25) is 0 Å². The predicted octanol–water partition coefficient (Wildman–Crippen LogP) is 5.71. The Morgan fingerprint density at radius 3 is 2.44 bits per heavy atom. The fourth-order valence-electron chi connectivity index (χ4n) is 5.05. The summed E-state index contributed by atoms with van der Waals surface area (Å²) in [5.41, 5.74) is 4.74. The third-order valence-corrected chi connectivity index (χ3v) is 6.75. The molecule has 1 aliphatic carbocycles. The van der Waals surface area contributed by atoms with Gasteiger partial charge in [-0.15, -0.1) is 0 Å². The highest BCUT2D eigenvalue weighted by Crippen LogP contribution is 2.45. The van der Waals surface area contributed by atoms with Gasteiger partial charge in [0.15, 0.2) is 11.5 Å². The topological polar surface area (TPSA) is 69.2 Å². The quantitative estimate of drug-likeness (QED) is 0.532. The molecule has 0 bridgehead atoms. The summed E-state index contributed by atoms with van der Waals surface area (Å²) in [7, 11) is 4.90. The lowest BCUT2D eigenvalue weighted by atomic mass is 9.72. The maximum atomic E-state index is 13.7. The van der Waals surface area contributed by atoms with Gasteiger partial charge in [0.2, 0.25) is 0 Å². The van der Waals surface area contributed by atoms with E-state index in [0.717, 1.165) is 34.0 Å². The molecule has 1 fully saturated rings. The van der Waals surface area contributed by atoms with Crippen molar-refractivity contribution in [3.05, 3.63) is 77.9 Å². The van der Waals surface area contributed by atoms with Crippen LogP contribution in [-0.4, -0.2) is 32.8 Å². The normalized spacial score (nSPS) is 21.3. The third kappa shape index (κ3) is 4.00. The van der Waals surface area contributed by atoms with Gasteiger partial charge in [-0.2, -0.15) is 0 Å². The van der Waals surface area contributed by atoms with Gasteiger partial charge in [-0.25, -0.2) is 0 Å². The summed E-state index contributed by atoms with van der Waals surface area (Å²) >= 11 is 0. The molecule has 1 saturated carbocycles. The monoisotopic (exact) mass is 456 g/mol. The molecule has 3 aromatic rings. The molecule has 3 unspecified atom stereocenters. The molecule has 3 aromatic carbocycles. The molecular formula is C28H28N2O4. The van der Waals surface area contributed by atoms with E-state index in [2.05, 4.69) is 5.32 Å². The number of Topliss-reactive ketones (excluding diaryl/α,β-unsaturated/α-hetero) is 1. The molecule has 0 saturated heterocycles. The number of ketones is 1. The molecular weight excluding hydrogens is 428 g/mol. The molecule has 1 heterocycles. The summed E-state index contributed by atoms with van der Waals surface area (Å²) in [5.74, 6) is 1.96. The van der Waals surface area contributed by atoms with Gasteiger partial charge in [0, 0.05) is 12.1 Å². The molecule has 5 rings (SSSR count). The van der Waals surface area contributed by atoms with Crippen molar-refractivity contribution < 1.29 is 19.0 Å². The average molecular weight is 457 g/mol. The maximum absolute atomic E-state index is 13.7. The zero-order valence-electron chi connectivity index (χ0n) is 19.6. The number of nitrogens with zero attached hydrogens (tertiary/aromatic N) is 1. The first-order valence-corrected chi connectivity index (χ1v) is 11.4. The molecule has 2 aliphatic rings. The molecule has 0 aromatic heterocycles. The molecule has 6 nitrogen and oxygen atoms in total. The molecule has 34 heavy (non-hydrogen) atoms. The van der Waals surface area contributed by atoms with Gasteiger partial charge in [-0.3, -0.25) is 9.79 Å². The number of para-hydroxylation sites is 2. The smallest absolute Gasteiger partial charge is 0.160 e. The van der Waals surface area contributed by atoms with Crippen molar-refractivity contribution in [3.8, 4) is 17.2 Å². The second-order valence-corrected chi connectivity index (χ2v) is 8.68. The Morgan fingerprint density at radius 2 is 1.65 bits per heavy atom. The maximum Gasteiger partial charge on any atom is 0.160 e. The molecule has 1 N–H and O–H groups in total. The lowest BCUT2D eigenvalue weighted by molar-refractivity contribution is -0.122. The van der Waals surface area contributed by atoms with Gasteiger partial charge in [0.25, 0.3) is 0 Å². The number of carbonyl (C=O) groups excluding carboxylic acids is 1. The highest BCUT2D eigenvalue weighted by molar-refractivity contribution is 6.10. The number of ether oxygens (including phenoxy) is 3. The second kappa shape index (κ2) is 9.21. The SMILES string of the molecule is COc1cccc(C2Nc3ccccc3N=C3CC(c4ccc(OC)c(OC)c4)CC(=O)C32)c1. The van der Waals surface area contributed by atoms with Crippen LogP contribution in [0.5, 0.6) is 17.2 Å². The third-order valence-electron chi connectivity index (χ3n) is 6.75. The first-order chi connectivity index (χ1) is 16.6. The zero-order chi connectivity index (χ0) is 23.7. The molecule has 1 aliphatic heterocycles. The Morgan fingerprint density at radius 1 is 0.824 bits per heavy atom. The van der Waals surface area contributed by atoms with Crippen LogP contribution >= 0.6 is 0 Å². The van der Waals surface area contributed by atoms with Crippen molar-refractivity contribution in [1.82, 2.24) is 0 Å². The number of hydrogen-bond acceptors (Lipinski definition) is 6. The number of anilines is 1. The summed E-state index contributed by atoms with van der Waals surface area (Å²) in [6, 6.07) is 21.5. The van der Waals surface area contributed by atoms with E-state index >= 15 is 0 Å². The van der Waals surface area contributed by atoms with Gasteiger partial charge in [-0.05, 0) is 59.9 Å².